The lowest BCUT2D eigenvalue weighted by atomic mass is 10.1. The summed E-state index contributed by atoms with van der Waals surface area (Å²) >= 11 is 6.10. The van der Waals surface area contributed by atoms with Crippen LogP contribution in [-0.2, 0) is 15.5 Å². The van der Waals surface area contributed by atoms with E-state index in [0.717, 1.165) is 0 Å². The number of rotatable bonds is 4. The molecule has 0 fully saturated rings. The second-order valence-electron chi connectivity index (χ2n) is 4.11. The van der Waals surface area contributed by atoms with E-state index in [4.69, 9.17) is 16.3 Å². The maximum atomic E-state index is 11.7. The Morgan fingerprint density at radius 2 is 2.10 bits per heavy atom. The molecule has 5 nitrogen and oxygen atoms in total. The number of halogens is 1. The number of esters is 1. The van der Waals surface area contributed by atoms with E-state index in [-0.39, 0.29) is 12.3 Å². The summed E-state index contributed by atoms with van der Waals surface area (Å²) in [6, 6.07) is 6.63. The van der Waals surface area contributed by atoms with E-state index in [0.29, 0.717) is 21.2 Å². The highest BCUT2D eigenvalue weighted by molar-refractivity contribution is 7.84. The van der Waals surface area contributed by atoms with Gasteiger partial charge in [-0.05, 0) is 25.1 Å². The number of hydrogen-bond acceptors (Lipinski definition) is 5. The first-order valence-electron chi connectivity index (χ1n) is 6.15. The predicted octanol–water partition coefficient (Wildman–Crippen LogP) is 2.71. The molecule has 0 aliphatic rings. The topological polar surface area (TPSA) is 69.2 Å². The zero-order valence-electron chi connectivity index (χ0n) is 11.5. The van der Waals surface area contributed by atoms with Gasteiger partial charge in [0.25, 0.3) is 0 Å². The van der Waals surface area contributed by atoms with Crippen LogP contribution in [0.25, 0.3) is 11.3 Å². The highest BCUT2D eigenvalue weighted by Gasteiger charge is 2.12. The summed E-state index contributed by atoms with van der Waals surface area (Å²) in [5, 5.41) is 0.393. The van der Waals surface area contributed by atoms with E-state index in [2.05, 4.69) is 9.97 Å². The molecule has 0 saturated heterocycles. The third-order valence-corrected chi connectivity index (χ3v) is 4.09. The van der Waals surface area contributed by atoms with Crippen LogP contribution in [0.5, 0.6) is 0 Å². The molecule has 0 aliphatic carbocycles. The molecule has 1 aromatic carbocycles. The predicted molar refractivity (Wildman–Crippen MR) is 80.8 cm³/mol. The summed E-state index contributed by atoms with van der Waals surface area (Å²) < 4.78 is 16.4. The van der Waals surface area contributed by atoms with Gasteiger partial charge < -0.3 is 4.74 Å². The molecule has 0 saturated carbocycles. The maximum Gasteiger partial charge on any atom is 0.357 e. The molecule has 2 aromatic rings. The third-order valence-electron chi connectivity index (χ3n) is 2.69. The SMILES string of the molecule is CCOC(=O)c1cc(-c2ccc(S(C)=O)c(Cl)c2)ncn1. The summed E-state index contributed by atoms with van der Waals surface area (Å²) in [5.74, 6) is -0.501. The molecule has 0 spiro atoms. The Balaban J connectivity index is 2.38. The molecular weight excluding hydrogens is 312 g/mol. The summed E-state index contributed by atoms with van der Waals surface area (Å²) in [4.78, 5) is 20.2. The number of carbonyl (C=O) groups excluding carboxylic acids is 1. The zero-order chi connectivity index (χ0) is 15.4. The second-order valence-corrected chi connectivity index (χ2v) is 5.86. The van der Waals surface area contributed by atoms with Crippen molar-refractivity contribution >= 4 is 28.4 Å². The van der Waals surface area contributed by atoms with Crippen LogP contribution in [0.1, 0.15) is 17.4 Å². The van der Waals surface area contributed by atoms with Crippen LogP contribution in [0.3, 0.4) is 0 Å². The Morgan fingerprint density at radius 1 is 1.33 bits per heavy atom. The van der Waals surface area contributed by atoms with Gasteiger partial charge in [0.2, 0.25) is 0 Å². The van der Waals surface area contributed by atoms with Gasteiger partial charge in [-0.25, -0.2) is 14.8 Å². The first kappa shape index (κ1) is 15.6. The van der Waals surface area contributed by atoms with Gasteiger partial charge in [0.15, 0.2) is 5.69 Å². The first-order chi connectivity index (χ1) is 10.0. The van der Waals surface area contributed by atoms with Crippen LogP contribution in [0.15, 0.2) is 35.5 Å². The van der Waals surface area contributed by atoms with Crippen molar-refractivity contribution < 1.29 is 13.7 Å². The van der Waals surface area contributed by atoms with Gasteiger partial charge in [0.1, 0.15) is 6.33 Å². The van der Waals surface area contributed by atoms with Gasteiger partial charge in [-0.15, -0.1) is 0 Å². The van der Waals surface area contributed by atoms with E-state index < -0.39 is 16.8 Å². The van der Waals surface area contributed by atoms with Crippen molar-refractivity contribution in [1.29, 1.82) is 0 Å². The van der Waals surface area contributed by atoms with E-state index in [9.17, 15) is 9.00 Å². The standard InChI is InChI=1S/C14H13ClN2O3S/c1-3-20-14(18)12-7-11(16-8-17-12)9-4-5-13(21(2)19)10(15)6-9/h4-8H,3H2,1-2H3. The Kier molecular flexibility index (Phi) is 5.03. The number of nitrogens with zero attached hydrogens (tertiary/aromatic N) is 2. The molecule has 0 N–H and O–H groups in total. The first-order valence-corrected chi connectivity index (χ1v) is 8.09. The fraction of sp³-hybridized carbons (Fsp3) is 0.214. The fourth-order valence-corrected chi connectivity index (χ4v) is 2.82. The summed E-state index contributed by atoms with van der Waals surface area (Å²) in [7, 11) is -1.16. The van der Waals surface area contributed by atoms with Crippen LogP contribution in [0.2, 0.25) is 5.02 Å². The van der Waals surface area contributed by atoms with Crippen molar-refractivity contribution in [2.45, 2.75) is 11.8 Å². The average Bonchev–Trinajstić information content (AvgIpc) is 2.47. The maximum absolute atomic E-state index is 11.7. The molecule has 2 rings (SSSR count). The molecule has 1 unspecified atom stereocenters. The number of ether oxygens (including phenoxy) is 1. The van der Waals surface area contributed by atoms with Gasteiger partial charge >= 0.3 is 5.97 Å². The smallest absolute Gasteiger partial charge is 0.357 e. The summed E-state index contributed by atoms with van der Waals surface area (Å²) in [6.45, 7) is 2.00. The Labute approximate surface area is 129 Å². The molecule has 1 aromatic heterocycles. The molecule has 1 heterocycles. The average molecular weight is 325 g/mol. The molecule has 7 heteroatoms. The highest BCUT2D eigenvalue weighted by atomic mass is 35.5. The largest absolute Gasteiger partial charge is 0.461 e. The minimum absolute atomic E-state index is 0.182. The molecule has 110 valence electrons. The molecule has 1 atom stereocenters. The normalized spacial score (nSPS) is 12.0. The van der Waals surface area contributed by atoms with Crippen molar-refractivity contribution in [1.82, 2.24) is 9.97 Å². The lowest BCUT2D eigenvalue weighted by Gasteiger charge is -2.06. The van der Waals surface area contributed by atoms with Crippen LogP contribution in [0, 0.1) is 0 Å². The minimum Gasteiger partial charge on any atom is -0.461 e. The lowest BCUT2D eigenvalue weighted by Crippen LogP contribution is -2.07. The molecule has 21 heavy (non-hydrogen) atoms. The van der Waals surface area contributed by atoms with Crippen LogP contribution in [-0.4, -0.2) is 33.0 Å². The fourth-order valence-electron chi connectivity index (χ4n) is 1.73. The van der Waals surface area contributed by atoms with Gasteiger partial charge in [0, 0.05) is 11.8 Å². The molecular formula is C14H13ClN2O3S. The summed E-state index contributed by atoms with van der Waals surface area (Å²) in [6.07, 6.45) is 2.85. The molecule has 0 bridgehead atoms. The van der Waals surface area contributed by atoms with Crippen molar-refractivity contribution in [3.63, 3.8) is 0 Å². The second kappa shape index (κ2) is 6.78. The lowest BCUT2D eigenvalue weighted by molar-refractivity contribution is 0.0519. The van der Waals surface area contributed by atoms with Crippen molar-refractivity contribution in [2.75, 3.05) is 12.9 Å². The van der Waals surface area contributed by atoms with E-state index >= 15 is 0 Å². The van der Waals surface area contributed by atoms with Crippen molar-refractivity contribution in [2.24, 2.45) is 0 Å². The number of hydrogen-bond donors (Lipinski definition) is 0. The highest BCUT2D eigenvalue weighted by Crippen LogP contribution is 2.26. The van der Waals surface area contributed by atoms with Crippen molar-refractivity contribution in [3.05, 3.63) is 41.3 Å². The van der Waals surface area contributed by atoms with Crippen molar-refractivity contribution in [3.8, 4) is 11.3 Å². The van der Waals surface area contributed by atoms with Gasteiger partial charge in [-0.3, -0.25) is 4.21 Å². The minimum atomic E-state index is -1.16. The number of aromatic nitrogens is 2. The Bertz CT molecular complexity index is 706. The Hall–Kier alpha value is -1.79. The monoisotopic (exact) mass is 324 g/mol. The van der Waals surface area contributed by atoms with E-state index in [1.165, 1.54) is 12.4 Å². The molecule has 0 radical (unpaired) electrons. The van der Waals surface area contributed by atoms with Gasteiger partial charge in [-0.2, -0.15) is 0 Å². The molecule has 0 amide bonds. The Morgan fingerprint density at radius 3 is 2.71 bits per heavy atom. The summed E-state index contributed by atoms with van der Waals surface area (Å²) in [5.41, 5.74) is 1.44. The zero-order valence-corrected chi connectivity index (χ0v) is 13.1. The quantitative estimate of drug-likeness (QED) is 0.809. The van der Waals surface area contributed by atoms with Crippen LogP contribution in [0.4, 0.5) is 0 Å². The molecule has 0 aliphatic heterocycles. The number of carbonyl (C=O) groups is 1. The number of benzene rings is 1. The van der Waals surface area contributed by atoms with E-state index in [1.807, 2.05) is 0 Å². The van der Waals surface area contributed by atoms with Crippen LogP contribution >= 0.6 is 11.6 Å². The van der Waals surface area contributed by atoms with Crippen LogP contribution < -0.4 is 0 Å². The van der Waals surface area contributed by atoms with Gasteiger partial charge in [0.05, 0.1) is 33.0 Å². The van der Waals surface area contributed by atoms with Gasteiger partial charge in [-0.1, -0.05) is 17.7 Å². The third kappa shape index (κ3) is 3.65. The van der Waals surface area contributed by atoms with E-state index in [1.54, 1.807) is 31.4 Å².